The number of aromatic nitrogens is 5. The molecule has 0 spiro atoms. The third-order valence-electron chi connectivity index (χ3n) is 8.46. The molecular formula is C36H49N9O4. The zero-order valence-electron chi connectivity index (χ0n) is 29.8. The monoisotopic (exact) mass is 671 g/mol. The number of amides is 3. The fourth-order valence-electron chi connectivity index (χ4n) is 5.75. The van der Waals surface area contributed by atoms with Crippen molar-refractivity contribution in [3.05, 3.63) is 77.1 Å². The minimum absolute atomic E-state index is 0.00422. The standard InChI is InChI=1S/C36H49N9O4/c1-35(2,3)28-21-29(40-31(39-28)32(46)37-17-18-44(7)19-20-48-8)41-34(47)38-26-14-15-27(25-12-10-9-11-24(25)26)49-23-13-16-30-42-43-33(36(4,5)6)45(30)22-23/h9-13,16,21-22,26-27H,14-15,17-20H2,1-8H3,(H,37,46)(H2,38,39,40,41,47)/t26-,27+/m0/s1. The number of anilines is 1. The minimum Gasteiger partial charge on any atom is -0.484 e. The molecule has 4 aromatic rings. The number of urea groups is 1. The molecule has 49 heavy (non-hydrogen) atoms. The van der Waals surface area contributed by atoms with Gasteiger partial charge >= 0.3 is 6.03 Å². The van der Waals surface area contributed by atoms with Gasteiger partial charge in [0.25, 0.3) is 5.91 Å². The maximum absolute atomic E-state index is 13.4. The molecule has 3 heterocycles. The summed E-state index contributed by atoms with van der Waals surface area (Å²) in [5, 5.41) is 17.6. The van der Waals surface area contributed by atoms with Crippen LogP contribution in [0.5, 0.6) is 5.75 Å². The first-order valence-electron chi connectivity index (χ1n) is 16.8. The van der Waals surface area contributed by atoms with Crippen LogP contribution in [0, 0.1) is 0 Å². The zero-order chi connectivity index (χ0) is 35.3. The Balaban J connectivity index is 1.27. The van der Waals surface area contributed by atoms with Crippen LogP contribution in [-0.4, -0.2) is 81.8 Å². The Morgan fingerprint density at radius 3 is 2.43 bits per heavy atom. The molecule has 1 aliphatic rings. The molecule has 3 aromatic heterocycles. The molecule has 13 nitrogen and oxygen atoms in total. The highest BCUT2D eigenvalue weighted by Crippen LogP contribution is 2.39. The van der Waals surface area contributed by atoms with Crippen LogP contribution in [0.15, 0.2) is 48.7 Å². The van der Waals surface area contributed by atoms with E-state index in [1.807, 2.05) is 74.8 Å². The fourth-order valence-corrected chi connectivity index (χ4v) is 5.75. The summed E-state index contributed by atoms with van der Waals surface area (Å²) in [6.45, 7) is 14.7. The summed E-state index contributed by atoms with van der Waals surface area (Å²) in [6, 6.07) is 12.9. The number of nitrogens with one attached hydrogen (secondary N) is 3. The molecule has 2 atom stereocenters. The Labute approximate surface area is 288 Å². The summed E-state index contributed by atoms with van der Waals surface area (Å²) < 4.78 is 13.6. The van der Waals surface area contributed by atoms with E-state index < -0.39 is 11.9 Å². The van der Waals surface area contributed by atoms with Crippen LogP contribution in [0.4, 0.5) is 10.6 Å². The van der Waals surface area contributed by atoms with Crippen molar-refractivity contribution in [2.75, 3.05) is 45.7 Å². The maximum Gasteiger partial charge on any atom is 0.320 e. The van der Waals surface area contributed by atoms with Crippen molar-refractivity contribution in [1.29, 1.82) is 0 Å². The van der Waals surface area contributed by atoms with Gasteiger partial charge in [-0.1, -0.05) is 65.8 Å². The lowest BCUT2D eigenvalue weighted by molar-refractivity contribution is 0.0936. The van der Waals surface area contributed by atoms with Gasteiger partial charge in [0.05, 0.1) is 24.5 Å². The molecule has 0 radical (unpaired) electrons. The van der Waals surface area contributed by atoms with Gasteiger partial charge in [0.2, 0.25) is 5.82 Å². The zero-order valence-corrected chi connectivity index (χ0v) is 29.8. The molecule has 0 saturated carbocycles. The fraction of sp³-hybridized carbons (Fsp3) is 0.500. The van der Waals surface area contributed by atoms with Gasteiger partial charge in [-0.2, -0.15) is 0 Å². The number of carbonyl (C=O) groups excluding carboxylic acids is 2. The third kappa shape index (κ3) is 8.90. The number of likely N-dealkylation sites (N-methyl/N-ethyl adjacent to an activating group) is 1. The molecule has 0 fully saturated rings. The van der Waals surface area contributed by atoms with Crippen molar-refractivity contribution in [2.45, 2.75) is 77.4 Å². The van der Waals surface area contributed by atoms with E-state index in [4.69, 9.17) is 9.47 Å². The Bertz CT molecular complexity index is 1780. The lowest BCUT2D eigenvalue weighted by Crippen LogP contribution is -2.37. The molecule has 3 amide bonds. The van der Waals surface area contributed by atoms with Crippen molar-refractivity contribution in [3.63, 3.8) is 0 Å². The molecule has 13 heteroatoms. The van der Waals surface area contributed by atoms with Crippen LogP contribution in [-0.2, 0) is 15.6 Å². The largest absolute Gasteiger partial charge is 0.484 e. The van der Waals surface area contributed by atoms with Gasteiger partial charge < -0.3 is 25.0 Å². The molecular weight excluding hydrogens is 622 g/mol. The highest BCUT2D eigenvalue weighted by Gasteiger charge is 2.30. The highest BCUT2D eigenvalue weighted by molar-refractivity contribution is 5.92. The van der Waals surface area contributed by atoms with Crippen molar-refractivity contribution >= 4 is 23.4 Å². The second-order valence-corrected chi connectivity index (χ2v) is 14.6. The molecule has 0 aliphatic heterocycles. The number of pyridine rings is 1. The first-order chi connectivity index (χ1) is 23.2. The van der Waals surface area contributed by atoms with Crippen molar-refractivity contribution in [2.24, 2.45) is 0 Å². The molecule has 0 bridgehead atoms. The number of rotatable bonds is 11. The van der Waals surface area contributed by atoms with Crippen LogP contribution >= 0.6 is 0 Å². The smallest absolute Gasteiger partial charge is 0.320 e. The number of hydrogen-bond acceptors (Lipinski definition) is 9. The number of ether oxygens (including phenoxy) is 2. The average molecular weight is 672 g/mol. The van der Waals surface area contributed by atoms with Gasteiger partial charge in [-0.25, -0.2) is 14.8 Å². The van der Waals surface area contributed by atoms with Crippen LogP contribution < -0.4 is 20.7 Å². The van der Waals surface area contributed by atoms with Gasteiger partial charge in [-0.3, -0.25) is 14.5 Å². The lowest BCUT2D eigenvalue weighted by atomic mass is 9.85. The topological polar surface area (TPSA) is 148 Å². The first kappa shape index (κ1) is 35.7. The van der Waals surface area contributed by atoms with E-state index in [0.29, 0.717) is 38.2 Å². The Kier molecular flexibility index (Phi) is 10.8. The number of benzene rings is 1. The van der Waals surface area contributed by atoms with Crippen molar-refractivity contribution < 1.29 is 19.1 Å². The van der Waals surface area contributed by atoms with Gasteiger partial charge in [0.15, 0.2) is 5.65 Å². The van der Waals surface area contributed by atoms with Crippen LogP contribution in [0.25, 0.3) is 5.65 Å². The summed E-state index contributed by atoms with van der Waals surface area (Å²) in [7, 11) is 3.62. The quantitative estimate of drug-likeness (QED) is 0.196. The molecule has 0 saturated heterocycles. The predicted molar refractivity (Wildman–Crippen MR) is 188 cm³/mol. The van der Waals surface area contributed by atoms with E-state index in [1.54, 1.807) is 13.2 Å². The number of nitrogens with zero attached hydrogens (tertiary/aromatic N) is 6. The predicted octanol–water partition coefficient (Wildman–Crippen LogP) is 5.20. The maximum atomic E-state index is 13.4. The molecule has 3 N–H and O–H groups in total. The number of fused-ring (bicyclic) bond motifs is 2. The highest BCUT2D eigenvalue weighted by atomic mass is 16.5. The number of hydrogen-bond donors (Lipinski definition) is 3. The third-order valence-corrected chi connectivity index (χ3v) is 8.46. The summed E-state index contributed by atoms with van der Waals surface area (Å²) in [6.07, 6.45) is 3.11. The Hall–Kier alpha value is -4.62. The average Bonchev–Trinajstić information content (AvgIpc) is 3.48. The SMILES string of the molecule is COCCN(C)CCNC(=O)c1nc(NC(=O)N[C@H]2CC[C@@H](Oc3ccc4nnc(C(C)(C)C)n4c3)c3ccccc32)cc(C(C)(C)C)n1. The lowest BCUT2D eigenvalue weighted by Gasteiger charge is -2.32. The summed E-state index contributed by atoms with van der Waals surface area (Å²) in [4.78, 5) is 37.5. The molecule has 0 unspecified atom stereocenters. The summed E-state index contributed by atoms with van der Waals surface area (Å²) in [5.74, 6) is 1.44. The van der Waals surface area contributed by atoms with Gasteiger partial charge in [0, 0.05) is 43.6 Å². The van der Waals surface area contributed by atoms with E-state index in [-0.39, 0.29) is 34.6 Å². The molecule has 1 aliphatic carbocycles. The second-order valence-electron chi connectivity index (χ2n) is 14.6. The van der Waals surface area contributed by atoms with E-state index >= 15 is 0 Å². The van der Waals surface area contributed by atoms with Gasteiger partial charge in [-0.15, -0.1) is 10.2 Å². The Morgan fingerprint density at radius 1 is 0.959 bits per heavy atom. The van der Waals surface area contributed by atoms with Crippen molar-refractivity contribution in [1.82, 2.24) is 40.1 Å². The normalized spacial score (nSPS) is 16.3. The van der Waals surface area contributed by atoms with Crippen molar-refractivity contribution in [3.8, 4) is 5.75 Å². The van der Waals surface area contributed by atoms with Gasteiger partial charge in [0.1, 0.15) is 23.5 Å². The minimum atomic E-state index is -0.420. The van der Waals surface area contributed by atoms with Crippen LogP contribution in [0.3, 0.4) is 0 Å². The molecule has 262 valence electrons. The molecule has 5 rings (SSSR count). The number of methoxy groups -OCH3 is 1. The Morgan fingerprint density at radius 2 is 1.71 bits per heavy atom. The van der Waals surface area contributed by atoms with E-state index in [0.717, 1.165) is 34.9 Å². The van der Waals surface area contributed by atoms with E-state index in [2.05, 4.69) is 61.8 Å². The first-order valence-corrected chi connectivity index (χ1v) is 16.8. The van der Waals surface area contributed by atoms with Gasteiger partial charge in [-0.05, 0) is 43.1 Å². The second kappa shape index (κ2) is 14.9. The summed E-state index contributed by atoms with van der Waals surface area (Å²) >= 11 is 0. The molecule has 1 aromatic carbocycles. The summed E-state index contributed by atoms with van der Waals surface area (Å²) in [5.41, 5.74) is 2.86. The van der Waals surface area contributed by atoms with Crippen LogP contribution in [0.2, 0.25) is 0 Å². The number of carbonyl (C=O) groups is 2. The van der Waals surface area contributed by atoms with E-state index in [9.17, 15) is 9.59 Å². The van der Waals surface area contributed by atoms with Crippen LogP contribution in [0.1, 0.15) is 99.8 Å². The van der Waals surface area contributed by atoms with E-state index in [1.165, 1.54) is 0 Å².